The zero-order chi connectivity index (χ0) is 39.7. The first-order valence-corrected chi connectivity index (χ1v) is 18.8. The van der Waals surface area contributed by atoms with Gasteiger partial charge in [-0.05, 0) is 60.8 Å². The van der Waals surface area contributed by atoms with Crippen molar-refractivity contribution in [3.05, 3.63) is 0 Å². The zero-order valence-electron chi connectivity index (χ0n) is 33.4. The molecule has 9 unspecified atom stereocenters. The highest BCUT2D eigenvalue weighted by Crippen LogP contribution is 2.41. The number of cyclic esters (lactones) is 1. The molecule has 0 bridgehead atoms. The summed E-state index contributed by atoms with van der Waals surface area (Å²) in [5.74, 6) is -5.76. The van der Waals surface area contributed by atoms with Crippen LogP contribution in [0, 0.1) is 29.6 Å². The molecular formula is C38H66O14. The van der Waals surface area contributed by atoms with E-state index in [2.05, 4.69) is 0 Å². The summed E-state index contributed by atoms with van der Waals surface area (Å²) in [4.78, 5) is 40.2. The van der Waals surface area contributed by atoms with Crippen LogP contribution in [-0.4, -0.2) is 123 Å². The first kappa shape index (κ1) is 44.6. The summed E-state index contributed by atoms with van der Waals surface area (Å²) in [5, 5.41) is 46.3. The Labute approximate surface area is 309 Å². The van der Waals surface area contributed by atoms with Gasteiger partial charge in [0.05, 0.1) is 47.6 Å². The summed E-state index contributed by atoms with van der Waals surface area (Å²) in [5.41, 5.74) is -4.88. The van der Waals surface area contributed by atoms with Gasteiger partial charge in [0, 0.05) is 44.1 Å². The van der Waals surface area contributed by atoms with Crippen molar-refractivity contribution < 1.29 is 68.0 Å². The summed E-state index contributed by atoms with van der Waals surface area (Å²) in [6.45, 7) is 19.5. The molecule has 3 aliphatic rings. The monoisotopic (exact) mass is 746 g/mol. The number of carbonyl (C=O) groups is 3. The third-order valence-corrected chi connectivity index (χ3v) is 11.7. The van der Waals surface area contributed by atoms with Gasteiger partial charge < -0.3 is 53.6 Å². The van der Waals surface area contributed by atoms with Crippen molar-refractivity contribution >= 4 is 17.7 Å². The predicted octanol–water partition coefficient (Wildman–Crippen LogP) is 3.06. The van der Waals surface area contributed by atoms with Crippen LogP contribution >= 0.6 is 0 Å². The number of ether oxygens (including phenoxy) is 7. The van der Waals surface area contributed by atoms with Crippen molar-refractivity contribution in [3.8, 4) is 0 Å². The Morgan fingerprint density at radius 1 is 0.885 bits per heavy atom. The van der Waals surface area contributed by atoms with Gasteiger partial charge in [0.25, 0.3) is 0 Å². The average molecular weight is 747 g/mol. The van der Waals surface area contributed by atoms with E-state index in [-0.39, 0.29) is 31.3 Å². The molecule has 18 atom stereocenters. The number of carbonyl (C=O) groups excluding carboxylic acids is 3. The molecule has 302 valence electrons. The Kier molecular flexibility index (Phi) is 14.9. The molecule has 3 fully saturated rings. The fourth-order valence-electron chi connectivity index (χ4n) is 8.52. The van der Waals surface area contributed by atoms with E-state index in [1.54, 1.807) is 41.5 Å². The molecule has 14 nitrogen and oxygen atoms in total. The van der Waals surface area contributed by atoms with Crippen molar-refractivity contribution in [1.29, 1.82) is 0 Å². The number of ketones is 1. The van der Waals surface area contributed by atoms with Crippen molar-refractivity contribution in [3.63, 3.8) is 0 Å². The number of hydrogen-bond acceptors (Lipinski definition) is 14. The van der Waals surface area contributed by atoms with Crippen LogP contribution in [0.3, 0.4) is 0 Å². The van der Waals surface area contributed by atoms with Crippen LogP contribution in [0.5, 0.6) is 0 Å². The molecule has 0 amide bonds. The quantitative estimate of drug-likeness (QED) is 0.278. The lowest BCUT2D eigenvalue weighted by Gasteiger charge is -2.48. The lowest BCUT2D eigenvalue weighted by atomic mass is 9.74. The molecule has 0 aromatic heterocycles. The van der Waals surface area contributed by atoms with Crippen LogP contribution in [0.1, 0.15) is 109 Å². The zero-order valence-corrected chi connectivity index (χ0v) is 33.4. The van der Waals surface area contributed by atoms with Crippen molar-refractivity contribution in [2.75, 3.05) is 7.11 Å². The Morgan fingerprint density at radius 2 is 1.50 bits per heavy atom. The highest BCUT2D eigenvalue weighted by molar-refractivity contribution is 5.83. The van der Waals surface area contributed by atoms with E-state index >= 15 is 0 Å². The summed E-state index contributed by atoms with van der Waals surface area (Å²) >= 11 is 0. The molecule has 0 radical (unpaired) electrons. The molecule has 3 saturated heterocycles. The van der Waals surface area contributed by atoms with Gasteiger partial charge in [0.2, 0.25) is 0 Å². The molecule has 3 rings (SSSR count). The number of aliphatic hydroxyl groups is 4. The smallest absolute Gasteiger partial charge is 0.311 e. The Hall–Kier alpha value is -1.75. The fourth-order valence-corrected chi connectivity index (χ4v) is 8.52. The number of Topliss-reactive ketones (excluding diaryl/α,β-unsaturated/α-hetero) is 1. The third kappa shape index (κ3) is 9.72. The first-order chi connectivity index (χ1) is 23.9. The molecular weight excluding hydrogens is 680 g/mol. The van der Waals surface area contributed by atoms with Crippen LogP contribution in [0.2, 0.25) is 0 Å². The lowest BCUT2D eigenvalue weighted by Crippen LogP contribution is -2.60. The molecule has 0 saturated carbocycles. The van der Waals surface area contributed by atoms with Gasteiger partial charge in [-0.3, -0.25) is 14.4 Å². The molecule has 0 aromatic rings. The van der Waals surface area contributed by atoms with Gasteiger partial charge in [-0.1, -0.05) is 34.6 Å². The minimum Gasteiger partial charge on any atom is -0.459 e. The van der Waals surface area contributed by atoms with E-state index in [0.29, 0.717) is 6.42 Å². The largest absolute Gasteiger partial charge is 0.459 e. The minimum absolute atomic E-state index is 0.0825. The van der Waals surface area contributed by atoms with Crippen molar-refractivity contribution in [1.82, 2.24) is 0 Å². The topological polar surface area (TPSA) is 197 Å². The normalized spacial score (nSPS) is 48.8. The molecule has 52 heavy (non-hydrogen) atoms. The molecule has 3 heterocycles. The number of aliphatic hydroxyl groups excluding tert-OH is 2. The summed E-state index contributed by atoms with van der Waals surface area (Å²) in [7, 11) is 1.48. The van der Waals surface area contributed by atoms with Gasteiger partial charge >= 0.3 is 11.9 Å². The Bertz CT molecular complexity index is 1220. The lowest BCUT2D eigenvalue weighted by molar-refractivity contribution is -0.318. The minimum atomic E-state index is -2.01. The Morgan fingerprint density at radius 3 is 2.06 bits per heavy atom. The summed E-state index contributed by atoms with van der Waals surface area (Å²) in [6.07, 6.45) is -9.43. The average Bonchev–Trinajstić information content (AvgIpc) is 3.05. The van der Waals surface area contributed by atoms with Crippen LogP contribution in [-0.2, 0) is 47.5 Å². The van der Waals surface area contributed by atoms with E-state index in [4.69, 9.17) is 33.2 Å². The summed E-state index contributed by atoms with van der Waals surface area (Å²) in [6, 6.07) is 0. The van der Waals surface area contributed by atoms with E-state index in [9.17, 15) is 34.8 Å². The fraction of sp³-hybridized carbons (Fsp3) is 0.921. The van der Waals surface area contributed by atoms with Crippen molar-refractivity contribution in [2.45, 2.75) is 187 Å². The second-order valence-electron chi connectivity index (χ2n) is 16.5. The van der Waals surface area contributed by atoms with Crippen LogP contribution < -0.4 is 0 Å². The SMILES string of the molecule is CCC1OC(=O)C(C)C(OC2C[C@@](C)(OC)[C@@H](O)C(C)O2)C(C)[C@@H](OC2OC(C)CC(C)[C@H]2OC(C)=O)[C@@](C)(O)C[C@@H](C)C(=O)[C@H](C)[C@@H](O)[C@]1(C)O. The predicted molar refractivity (Wildman–Crippen MR) is 187 cm³/mol. The maximum Gasteiger partial charge on any atom is 0.311 e. The third-order valence-electron chi connectivity index (χ3n) is 11.7. The molecule has 4 N–H and O–H groups in total. The molecule has 3 aliphatic heterocycles. The van der Waals surface area contributed by atoms with Gasteiger partial charge in [-0.15, -0.1) is 0 Å². The molecule has 0 spiro atoms. The van der Waals surface area contributed by atoms with E-state index in [1.807, 2.05) is 13.8 Å². The van der Waals surface area contributed by atoms with Crippen LogP contribution in [0.4, 0.5) is 0 Å². The van der Waals surface area contributed by atoms with E-state index in [1.165, 1.54) is 34.8 Å². The van der Waals surface area contributed by atoms with Gasteiger partial charge in [-0.2, -0.15) is 0 Å². The maximum absolute atomic E-state index is 14.1. The van der Waals surface area contributed by atoms with Crippen molar-refractivity contribution in [2.24, 2.45) is 29.6 Å². The number of rotatable bonds is 7. The summed E-state index contributed by atoms with van der Waals surface area (Å²) < 4.78 is 42.9. The van der Waals surface area contributed by atoms with Crippen LogP contribution in [0.25, 0.3) is 0 Å². The van der Waals surface area contributed by atoms with E-state index in [0.717, 1.165) is 0 Å². The first-order valence-electron chi connectivity index (χ1n) is 18.8. The van der Waals surface area contributed by atoms with Gasteiger partial charge in [0.1, 0.15) is 23.6 Å². The number of esters is 2. The second-order valence-corrected chi connectivity index (χ2v) is 16.5. The molecule has 14 heteroatoms. The van der Waals surface area contributed by atoms with Crippen LogP contribution in [0.15, 0.2) is 0 Å². The van der Waals surface area contributed by atoms with Gasteiger partial charge in [-0.25, -0.2) is 0 Å². The molecule has 0 aliphatic carbocycles. The van der Waals surface area contributed by atoms with Gasteiger partial charge in [0.15, 0.2) is 18.7 Å². The Balaban J connectivity index is 2.21. The van der Waals surface area contributed by atoms with E-state index < -0.39 is 114 Å². The maximum atomic E-state index is 14.1. The number of methoxy groups -OCH3 is 1. The standard InChI is InChI=1S/C38H66O14/c1-14-26-38(12,45)31(41)21(5)28(40)19(3)16-36(10,44)33(52-35-29(49-25(9)39)18(2)15-20(4)47-35)22(6)30(23(7)34(43)50-26)51-27-17-37(11,46-13)32(42)24(8)48-27/h18-24,26-27,29-33,35,41-42,44-45H,14-17H2,1-13H3/t18?,19-,20?,21+,22?,23?,24?,26?,27?,29-,30?,31-,32+,33-,35?,36+,37-,38-/m1/s1. The highest BCUT2D eigenvalue weighted by atomic mass is 16.7. The second kappa shape index (κ2) is 17.4. The number of hydrogen-bond donors (Lipinski definition) is 4. The molecule has 0 aromatic carbocycles. The highest BCUT2D eigenvalue weighted by Gasteiger charge is 2.53.